The number of aromatic amines is 1. The van der Waals surface area contributed by atoms with E-state index in [4.69, 9.17) is 5.73 Å². The zero-order valence-electron chi connectivity index (χ0n) is 33.5. The molecule has 2 aromatic rings. The summed E-state index contributed by atoms with van der Waals surface area (Å²) in [4.78, 5) is 107. The van der Waals surface area contributed by atoms with Crippen LogP contribution in [-0.4, -0.2) is 128 Å². The molecule has 58 heavy (non-hydrogen) atoms. The Morgan fingerprint density at radius 3 is 1.83 bits per heavy atom. The molecule has 1 heterocycles. The van der Waals surface area contributed by atoms with Gasteiger partial charge in [0.05, 0.1) is 12.2 Å². The minimum Gasteiger partial charge on any atom is -0.480 e. The van der Waals surface area contributed by atoms with E-state index in [1.54, 1.807) is 58.2 Å². The largest absolute Gasteiger partial charge is 0.480 e. The van der Waals surface area contributed by atoms with Crippen molar-refractivity contribution in [3.63, 3.8) is 0 Å². The average Bonchev–Trinajstić information content (AvgIpc) is 3.56. The van der Waals surface area contributed by atoms with Crippen LogP contribution in [0.25, 0.3) is 10.9 Å². The fourth-order valence-corrected chi connectivity index (χ4v) is 6.03. The van der Waals surface area contributed by atoms with Crippen LogP contribution in [0.4, 0.5) is 0 Å². The molecule has 322 valence electrons. The number of aliphatic hydroxyl groups is 3. The maximum atomic E-state index is 14.0. The lowest BCUT2D eigenvalue weighted by atomic mass is 9.96. The first-order chi connectivity index (χ1) is 27.2. The Balaban J connectivity index is 2.47. The molecule has 9 atom stereocenters. The molecular weight excluding hydrogens is 760 g/mol. The summed E-state index contributed by atoms with van der Waals surface area (Å²) in [7, 11) is 0. The number of nitrogens with two attached hydrogens (primary N) is 1. The standard InChI is InChI=1S/C38H58N8O12/c1-7-19(4)30(45-33(52)25(12-13-28(39)51)42-36(55)31(20(5)48)41-21(6)49)35(54)46-32(27(50)14-15-47)37(56)43-26(34(53)44-29(18(2)3)38(57)58)16-22-17-40-24-11-9-8-10-23(22)24/h8-11,17-20,25-27,29-32,40,47-48,50H,7,12-16H2,1-6H3,(H2,39,51)(H,41,49)(H,42,55)(H,43,56)(H,44,53)(H,45,52)(H,46,54)(H,57,58)/t19-,20+,25-,26-,27+,29-,30-,31-,32-/m0/s1. The average molecular weight is 819 g/mol. The molecule has 0 spiro atoms. The number of aliphatic hydroxyl groups excluding tert-OH is 3. The minimum absolute atomic E-state index is 0.148. The van der Waals surface area contributed by atoms with Crippen LogP contribution in [0.1, 0.15) is 72.8 Å². The minimum atomic E-state index is -1.82. The van der Waals surface area contributed by atoms with Crippen molar-refractivity contribution in [1.29, 1.82) is 0 Å². The summed E-state index contributed by atoms with van der Waals surface area (Å²) >= 11 is 0. The number of aromatic nitrogens is 1. The number of hydrogen-bond acceptors (Lipinski definition) is 11. The molecule has 0 aliphatic rings. The SMILES string of the molecule is CC[C@H](C)[C@H](NC(=O)[C@H](CCC(N)=O)NC(=O)[C@@H](NC(C)=O)[C@@H](C)O)C(=O)N[C@H](C(=O)N[C@@H](Cc1c[nH]c2ccccc12)C(=O)N[C@H](C(=O)O)C(C)C)[C@H](O)CCO. The monoisotopic (exact) mass is 818 g/mol. The van der Waals surface area contributed by atoms with Crippen molar-refractivity contribution in [3.05, 3.63) is 36.0 Å². The number of H-pyrrole nitrogens is 1. The molecule has 1 aromatic heterocycles. The van der Waals surface area contributed by atoms with Crippen molar-refractivity contribution < 1.29 is 58.8 Å². The van der Waals surface area contributed by atoms with E-state index in [1.807, 2.05) is 0 Å². The number of benzene rings is 1. The van der Waals surface area contributed by atoms with Crippen molar-refractivity contribution in [2.24, 2.45) is 17.6 Å². The van der Waals surface area contributed by atoms with Gasteiger partial charge in [-0.25, -0.2) is 4.79 Å². The van der Waals surface area contributed by atoms with Gasteiger partial charge in [0.2, 0.25) is 41.4 Å². The van der Waals surface area contributed by atoms with Crippen LogP contribution in [0.3, 0.4) is 0 Å². The fraction of sp³-hybridized carbons (Fsp3) is 0.579. The van der Waals surface area contributed by atoms with Gasteiger partial charge in [0, 0.05) is 43.5 Å². The van der Waals surface area contributed by atoms with Crippen LogP contribution >= 0.6 is 0 Å². The molecule has 0 saturated heterocycles. The maximum absolute atomic E-state index is 14.0. The Labute approximate surface area is 335 Å². The summed E-state index contributed by atoms with van der Waals surface area (Å²) in [6, 6.07) is -1.87. The number of para-hydroxylation sites is 1. The van der Waals surface area contributed by atoms with Crippen molar-refractivity contribution in [2.45, 2.75) is 122 Å². The molecule has 0 aliphatic heterocycles. The number of fused-ring (bicyclic) bond motifs is 1. The highest BCUT2D eigenvalue weighted by atomic mass is 16.4. The molecule has 2 rings (SSSR count). The highest BCUT2D eigenvalue weighted by Gasteiger charge is 2.38. The van der Waals surface area contributed by atoms with Crippen LogP contribution < -0.4 is 37.6 Å². The second-order valence-electron chi connectivity index (χ2n) is 14.6. The van der Waals surface area contributed by atoms with Gasteiger partial charge in [-0.2, -0.15) is 0 Å². The van der Waals surface area contributed by atoms with Gasteiger partial charge in [-0.05, 0) is 43.2 Å². The third kappa shape index (κ3) is 14.4. The molecule has 20 heteroatoms. The molecule has 0 radical (unpaired) electrons. The molecular formula is C38H58N8O12. The Hall–Kier alpha value is -5.60. The Morgan fingerprint density at radius 2 is 1.28 bits per heavy atom. The Bertz CT molecular complexity index is 1760. The van der Waals surface area contributed by atoms with Gasteiger partial charge in [0.1, 0.15) is 36.3 Å². The molecule has 13 N–H and O–H groups in total. The molecule has 0 saturated carbocycles. The topological polar surface area (TPSA) is 331 Å². The normalized spacial score (nSPS) is 16.0. The smallest absolute Gasteiger partial charge is 0.326 e. The zero-order chi connectivity index (χ0) is 43.9. The third-order valence-electron chi connectivity index (χ3n) is 9.58. The number of primary amides is 1. The van der Waals surface area contributed by atoms with E-state index in [2.05, 4.69) is 36.9 Å². The quantitative estimate of drug-likeness (QED) is 0.0538. The van der Waals surface area contributed by atoms with Crippen molar-refractivity contribution in [3.8, 4) is 0 Å². The lowest BCUT2D eigenvalue weighted by Crippen LogP contribution is -2.63. The van der Waals surface area contributed by atoms with Crippen LogP contribution in [0, 0.1) is 11.8 Å². The number of rotatable bonds is 24. The van der Waals surface area contributed by atoms with Gasteiger partial charge >= 0.3 is 5.97 Å². The van der Waals surface area contributed by atoms with E-state index in [0.717, 1.165) is 12.4 Å². The van der Waals surface area contributed by atoms with Crippen molar-refractivity contribution >= 4 is 58.2 Å². The second kappa shape index (κ2) is 23.0. The zero-order valence-corrected chi connectivity index (χ0v) is 33.5. The van der Waals surface area contributed by atoms with Gasteiger partial charge in [0.15, 0.2) is 0 Å². The number of aliphatic carboxylic acids is 1. The first-order valence-corrected chi connectivity index (χ1v) is 19.0. The van der Waals surface area contributed by atoms with E-state index in [1.165, 1.54) is 6.92 Å². The molecule has 0 unspecified atom stereocenters. The molecule has 0 aliphatic carbocycles. The Kier molecular flexibility index (Phi) is 19.2. The number of nitrogens with one attached hydrogen (secondary N) is 7. The molecule has 0 fully saturated rings. The van der Waals surface area contributed by atoms with E-state index < -0.39 is 121 Å². The molecule has 7 amide bonds. The fourth-order valence-electron chi connectivity index (χ4n) is 6.03. The molecule has 20 nitrogen and oxygen atoms in total. The number of hydrogen-bond donors (Lipinski definition) is 12. The first kappa shape index (κ1) is 48.5. The van der Waals surface area contributed by atoms with Crippen molar-refractivity contribution in [2.75, 3.05) is 6.61 Å². The Morgan fingerprint density at radius 1 is 0.724 bits per heavy atom. The van der Waals surface area contributed by atoms with Crippen LogP contribution in [-0.2, 0) is 44.8 Å². The molecule has 0 bridgehead atoms. The highest BCUT2D eigenvalue weighted by molar-refractivity contribution is 5.97. The number of carbonyl (C=O) groups is 8. The van der Waals surface area contributed by atoms with Gasteiger partial charge < -0.3 is 63.0 Å². The van der Waals surface area contributed by atoms with Crippen LogP contribution in [0.15, 0.2) is 30.5 Å². The number of carbonyl (C=O) groups excluding carboxylic acids is 7. The lowest BCUT2D eigenvalue weighted by molar-refractivity contribution is -0.143. The highest BCUT2D eigenvalue weighted by Crippen LogP contribution is 2.20. The van der Waals surface area contributed by atoms with Gasteiger partial charge in [0.25, 0.3) is 0 Å². The van der Waals surface area contributed by atoms with E-state index in [9.17, 15) is 58.8 Å². The molecule has 1 aromatic carbocycles. The summed E-state index contributed by atoms with van der Waals surface area (Å²) < 4.78 is 0. The predicted octanol–water partition coefficient (Wildman–Crippen LogP) is -2.18. The van der Waals surface area contributed by atoms with Crippen LogP contribution in [0.2, 0.25) is 0 Å². The summed E-state index contributed by atoms with van der Waals surface area (Å²) in [5.41, 5.74) is 6.60. The van der Waals surface area contributed by atoms with E-state index in [-0.39, 0.29) is 25.7 Å². The lowest BCUT2D eigenvalue weighted by Gasteiger charge is -2.31. The van der Waals surface area contributed by atoms with Gasteiger partial charge in [-0.3, -0.25) is 33.6 Å². The van der Waals surface area contributed by atoms with Gasteiger partial charge in [-0.1, -0.05) is 52.3 Å². The van der Waals surface area contributed by atoms with Gasteiger partial charge in [-0.15, -0.1) is 0 Å². The van der Waals surface area contributed by atoms with Crippen molar-refractivity contribution in [1.82, 2.24) is 36.9 Å². The van der Waals surface area contributed by atoms with E-state index >= 15 is 0 Å². The van der Waals surface area contributed by atoms with Crippen LogP contribution in [0.5, 0.6) is 0 Å². The summed E-state index contributed by atoms with van der Waals surface area (Å²) in [6.45, 7) is 8.19. The third-order valence-corrected chi connectivity index (χ3v) is 9.58. The first-order valence-electron chi connectivity index (χ1n) is 19.0. The number of carboxylic acid groups (broad SMARTS) is 1. The summed E-state index contributed by atoms with van der Waals surface area (Å²) in [5, 5.41) is 55.8. The summed E-state index contributed by atoms with van der Waals surface area (Å²) in [6.07, 6.45) is -2.49. The van der Waals surface area contributed by atoms with E-state index in [0.29, 0.717) is 10.9 Å². The maximum Gasteiger partial charge on any atom is 0.326 e. The number of amides is 7. The second-order valence-corrected chi connectivity index (χ2v) is 14.6. The summed E-state index contributed by atoms with van der Waals surface area (Å²) in [5.74, 6) is -8.84. The number of carboxylic acids is 1. The predicted molar refractivity (Wildman–Crippen MR) is 209 cm³/mol.